The molecule has 222 valence electrons. The van der Waals surface area contributed by atoms with Crippen LogP contribution in [0.25, 0.3) is 10.8 Å². The second-order valence-electron chi connectivity index (χ2n) is 9.41. The van der Waals surface area contributed by atoms with Crippen LogP contribution in [-0.4, -0.2) is 67.7 Å². The van der Waals surface area contributed by atoms with E-state index in [1.54, 1.807) is 54.6 Å². The van der Waals surface area contributed by atoms with Crippen molar-refractivity contribution in [3.05, 3.63) is 65.7 Å². The average molecular weight is 605 g/mol. The van der Waals surface area contributed by atoms with Crippen LogP contribution >= 0.6 is 0 Å². The number of ether oxygens (including phenoxy) is 3. The summed E-state index contributed by atoms with van der Waals surface area (Å²) < 4.78 is 43.5. The van der Waals surface area contributed by atoms with Crippen LogP contribution in [0.3, 0.4) is 0 Å². The van der Waals surface area contributed by atoms with E-state index in [-0.39, 0.29) is 11.8 Å². The van der Waals surface area contributed by atoms with Crippen molar-refractivity contribution < 1.29 is 32.3 Å². The summed E-state index contributed by atoms with van der Waals surface area (Å²) in [5, 5.41) is 33.1. The highest BCUT2D eigenvalue weighted by molar-refractivity contribution is 7.85. The van der Waals surface area contributed by atoms with Gasteiger partial charge in [0.25, 0.3) is 10.1 Å². The molecule has 13 nitrogen and oxygen atoms in total. The Balaban J connectivity index is 0.000000782. The molecule has 3 N–H and O–H groups in total. The second kappa shape index (κ2) is 13.2. The second-order valence-corrected chi connectivity index (χ2v) is 10.9. The summed E-state index contributed by atoms with van der Waals surface area (Å²) in [7, 11) is -0.606. The zero-order chi connectivity index (χ0) is 31.1. The van der Waals surface area contributed by atoms with Crippen LogP contribution in [0.1, 0.15) is 17.5 Å². The molecule has 4 aromatic rings. The monoisotopic (exact) mass is 604 g/mol. The number of nitrogens with zero attached hydrogens (tertiary/aromatic N) is 5. The summed E-state index contributed by atoms with van der Waals surface area (Å²) in [6.07, 6.45) is 0.908. The van der Waals surface area contributed by atoms with Crippen LogP contribution in [0.4, 0.5) is 17.5 Å². The van der Waals surface area contributed by atoms with Crippen molar-refractivity contribution in [2.24, 2.45) is 0 Å². The maximum absolute atomic E-state index is 10.1. The molecule has 2 heterocycles. The van der Waals surface area contributed by atoms with Crippen LogP contribution < -0.4 is 24.4 Å². The molecule has 0 spiro atoms. The third kappa shape index (κ3) is 7.99. The number of hydrogen-bond donors (Lipinski definition) is 3. The molecule has 43 heavy (non-hydrogen) atoms. The summed E-state index contributed by atoms with van der Waals surface area (Å²) in [5.41, 5.74) is 1.75. The van der Waals surface area contributed by atoms with Crippen molar-refractivity contribution in [3.63, 3.8) is 0 Å². The highest BCUT2D eigenvalue weighted by atomic mass is 32.2. The molecule has 5 rings (SSSR count). The number of nitriles is 2. The average Bonchev–Trinajstić information content (AvgIpc) is 3.42. The smallest absolute Gasteiger partial charge is 0.261 e. The Morgan fingerprint density at radius 2 is 1.65 bits per heavy atom. The third-order valence-electron chi connectivity index (χ3n) is 6.22. The van der Waals surface area contributed by atoms with Gasteiger partial charge in [-0.05, 0) is 60.3 Å². The first-order valence-corrected chi connectivity index (χ1v) is 14.6. The van der Waals surface area contributed by atoms with Crippen LogP contribution in [-0.2, 0) is 10.1 Å². The number of β-amino-alcohol motifs (C(OH)–C–C–N with tert-alkyl or cyclic N) is 1. The number of aliphatic hydroxyl groups is 1. The third-order valence-corrected chi connectivity index (χ3v) is 6.22. The fraction of sp³-hybridized carbons (Fsp3) is 0.241. The Morgan fingerprint density at radius 1 is 0.977 bits per heavy atom. The molecule has 0 radical (unpaired) electrons. The summed E-state index contributed by atoms with van der Waals surface area (Å²) in [5.74, 6) is 2.26. The van der Waals surface area contributed by atoms with Crippen molar-refractivity contribution in [1.29, 1.82) is 10.5 Å². The van der Waals surface area contributed by atoms with E-state index in [9.17, 15) is 18.8 Å². The number of fused-ring (bicyclic) bond motifs is 1. The van der Waals surface area contributed by atoms with E-state index >= 15 is 0 Å². The molecule has 1 aromatic heterocycles. The molecule has 0 aliphatic carbocycles. The van der Waals surface area contributed by atoms with E-state index in [0.717, 1.165) is 10.8 Å². The molecule has 1 atom stereocenters. The van der Waals surface area contributed by atoms with Gasteiger partial charge in [0.2, 0.25) is 17.6 Å². The Labute approximate surface area is 248 Å². The van der Waals surface area contributed by atoms with Crippen molar-refractivity contribution in [2.45, 2.75) is 12.5 Å². The Hall–Kier alpha value is -5.15. The minimum absolute atomic E-state index is 0.233. The highest BCUT2D eigenvalue weighted by Crippen LogP contribution is 2.46. The van der Waals surface area contributed by atoms with Crippen molar-refractivity contribution in [3.8, 4) is 35.3 Å². The number of nitrogens with one attached hydrogen (secondary N) is 1. The van der Waals surface area contributed by atoms with Gasteiger partial charge in [-0.2, -0.15) is 28.9 Å². The van der Waals surface area contributed by atoms with E-state index < -0.39 is 16.2 Å². The summed E-state index contributed by atoms with van der Waals surface area (Å²) in [4.78, 5) is 11.2. The minimum atomic E-state index is -3.67. The summed E-state index contributed by atoms with van der Waals surface area (Å²) >= 11 is 0. The van der Waals surface area contributed by atoms with Gasteiger partial charge in [-0.3, -0.25) is 4.55 Å². The quantitative estimate of drug-likeness (QED) is 0.257. The molecule has 0 saturated carbocycles. The predicted octanol–water partition coefficient (Wildman–Crippen LogP) is 4.00. The van der Waals surface area contributed by atoms with Crippen LogP contribution in [0, 0.1) is 22.7 Å². The van der Waals surface area contributed by atoms with Crippen molar-refractivity contribution >= 4 is 38.3 Å². The van der Waals surface area contributed by atoms with E-state index in [4.69, 9.17) is 24.0 Å². The maximum Gasteiger partial charge on any atom is 0.261 e. The number of hydrogen-bond acceptors (Lipinski definition) is 12. The van der Waals surface area contributed by atoms with Gasteiger partial charge in [-0.15, -0.1) is 0 Å². The van der Waals surface area contributed by atoms with Gasteiger partial charge in [-0.25, -0.2) is 0 Å². The molecule has 1 aliphatic rings. The van der Waals surface area contributed by atoms with Gasteiger partial charge in [0.1, 0.15) is 5.82 Å². The molecule has 0 bridgehead atoms. The normalized spacial score (nSPS) is 14.2. The lowest BCUT2D eigenvalue weighted by Crippen LogP contribution is -2.22. The first-order valence-electron chi connectivity index (χ1n) is 12.8. The molecule has 1 aliphatic heterocycles. The number of aliphatic hydroxyl groups excluding tert-OH is 1. The van der Waals surface area contributed by atoms with Gasteiger partial charge < -0.3 is 29.5 Å². The fourth-order valence-corrected chi connectivity index (χ4v) is 4.35. The SMILES string of the molecule is COc1cc2cc(C#N)ccc2c(OC)c1Oc1cc(N2CCC(O)C2)nc(Nc2ccc(C#N)cc2)n1.CS(=O)(=O)O. The van der Waals surface area contributed by atoms with Gasteiger partial charge in [0, 0.05) is 30.2 Å². The van der Waals surface area contributed by atoms with E-state index in [2.05, 4.69) is 27.4 Å². The Kier molecular flexibility index (Phi) is 9.47. The lowest BCUT2D eigenvalue weighted by atomic mass is 10.1. The zero-order valence-electron chi connectivity index (χ0n) is 23.5. The largest absolute Gasteiger partial charge is 0.493 e. The zero-order valence-corrected chi connectivity index (χ0v) is 24.3. The number of benzene rings is 3. The standard InChI is InChI=1S/C28H24N6O4.CH4O3S/c1-36-23-12-19-11-18(15-30)5-8-22(19)26(37-2)27(23)38-25-13-24(34-10-9-21(35)16-34)32-28(33-25)31-20-6-3-17(14-29)4-7-20;1-5(2,3)4/h3-8,11-13,21,35H,9-10,16H2,1-2H3,(H,31,32,33);1H3,(H,2,3,4). The number of aromatic nitrogens is 2. The number of rotatable bonds is 7. The van der Waals surface area contributed by atoms with Gasteiger partial charge in [0.05, 0.1) is 49.8 Å². The molecule has 1 saturated heterocycles. The van der Waals surface area contributed by atoms with Crippen LogP contribution in [0.5, 0.6) is 23.1 Å². The lowest BCUT2D eigenvalue weighted by Gasteiger charge is -2.20. The molecule has 14 heteroatoms. The number of methoxy groups -OCH3 is 2. The van der Waals surface area contributed by atoms with Crippen LogP contribution in [0.15, 0.2) is 54.6 Å². The topological polar surface area (TPSA) is 191 Å². The van der Waals surface area contributed by atoms with E-state index in [1.807, 2.05) is 4.90 Å². The van der Waals surface area contributed by atoms with E-state index in [0.29, 0.717) is 65.6 Å². The number of anilines is 3. The van der Waals surface area contributed by atoms with Gasteiger partial charge in [0.15, 0.2) is 11.5 Å². The summed E-state index contributed by atoms with van der Waals surface area (Å²) in [6.45, 7) is 1.08. The molecule has 1 fully saturated rings. The maximum atomic E-state index is 10.1. The fourth-order valence-electron chi connectivity index (χ4n) is 4.35. The highest BCUT2D eigenvalue weighted by Gasteiger charge is 2.24. The molecular formula is C29H28N6O7S. The predicted molar refractivity (Wildman–Crippen MR) is 159 cm³/mol. The van der Waals surface area contributed by atoms with Gasteiger partial charge in [-0.1, -0.05) is 0 Å². The van der Waals surface area contributed by atoms with Crippen molar-refractivity contribution in [1.82, 2.24) is 9.97 Å². The van der Waals surface area contributed by atoms with E-state index in [1.165, 1.54) is 14.2 Å². The van der Waals surface area contributed by atoms with Gasteiger partial charge >= 0.3 is 0 Å². The lowest BCUT2D eigenvalue weighted by molar-refractivity contribution is 0.198. The molecule has 3 aromatic carbocycles. The first kappa shape index (κ1) is 30.8. The Bertz CT molecular complexity index is 1810. The van der Waals surface area contributed by atoms with Crippen molar-refractivity contribution in [2.75, 3.05) is 43.8 Å². The minimum Gasteiger partial charge on any atom is -0.493 e. The Morgan fingerprint density at radius 3 is 2.23 bits per heavy atom. The molecule has 1 unspecified atom stereocenters. The summed E-state index contributed by atoms with van der Waals surface area (Å²) in [6, 6.07) is 19.9. The molecule has 0 amide bonds. The first-order chi connectivity index (χ1) is 20.5. The molecular weight excluding hydrogens is 576 g/mol. The van der Waals surface area contributed by atoms with Crippen LogP contribution in [0.2, 0.25) is 0 Å².